The van der Waals surface area contributed by atoms with Crippen molar-refractivity contribution in [2.75, 3.05) is 31.5 Å². The number of anilines is 1. The van der Waals surface area contributed by atoms with E-state index in [1.807, 2.05) is 38.1 Å². The van der Waals surface area contributed by atoms with Gasteiger partial charge < -0.3 is 15.0 Å². The lowest BCUT2D eigenvalue weighted by atomic mass is 10.1. The Morgan fingerprint density at radius 3 is 2.44 bits per heavy atom. The van der Waals surface area contributed by atoms with Crippen LogP contribution in [0.4, 0.5) is 5.69 Å². The number of amides is 2. The van der Waals surface area contributed by atoms with Gasteiger partial charge in [-0.25, -0.2) is 8.42 Å². The smallest absolute Gasteiger partial charge is 0.265 e. The SMILES string of the molecule is CCC1Oc2ccc(S(=O)(=O)N3CCN(C(=O)Cc4ccc(C)cc4)CC3)cc2NC1=O. The van der Waals surface area contributed by atoms with E-state index in [1.165, 1.54) is 16.4 Å². The van der Waals surface area contributed by atoms with E-state index in [1.54, 1.807) is 11.0 Å². The number of rotatable bonds is 5. The molecule has 0 saturated carbocycles. The molecule has 1 unspecified atom stereocenters. The molecule has 2 aliphatic rings. The Balaban J connectivity index is 1.41. The van der Waals surface area contributed by atoms with E-state index >= 15 is 0 Å². The Bertz CT molecular complexity index is 1120. The predicted octanol–water partition coefficient (Wildman–Crippen LogP) is 2.18. The fourth-order valence-corrected chi connectivity index (χ4v) is 5.33. The van der Waals surface area contributed by atoms with E-state index < -0.39 is 16.1 Å². The lowest BCUT2D eigenvalue weighted by molar-refractivity contribution is -0.131. The molecule has 1 N–H and O–H groups in total. The van der Waals surface area contributed by atoms with Crippen LogP contribution < -0.4 is 10.1 Å². The molecule has 2 amide bonds. The van der Waals surface area contributed by atoms with Gasteiger partial charge in [-0.2, -0.15) is 4.31 Å². The van der Waals surface area contributed by atoms with E-state index in [-0.39, 0.29) is 29.8 Å². The van der Waals surface area contributed by atoms with Crippen LogP contribution in [-0.4, -0.2) is 61.7 Å². The summed E-state index contributed by atoms with van der Waals surface area (Å²) < 4.78 is 33.3. The normalized spacial score (nSPS) is 19.1. The Morgan fingerprint density at radius 2 is 1.78 bits per heavy atom. The standard InChI is InChI=1S/C23H27N3O5S/c1-3-20-23(28)24-19-15-18(8-9-21(19)31-20)32(29,30)26-12-10-25(11-13-26)22(27)14-17-6-4-16(2)5-7-17/h4-9,15,20H,3,10-14H2,1-2H3,(H,24,28). The maximum atomic E-state index is 13.1. The number of sulfonamides is 1. The molecule has 2 aromatic carbocycles. The van der Waals surface area contributed by atoms with Crippen LogP contribution in [0.5, 0.6) is 5.75 Å². The quantitative estimate of drug-likeness (QED) is 0.743. The van der Waals surface area contributed by atoms with Gasteiger partial charge in [0.1, 0.15) is 5.75 Å². The monoisotopic (exact) mass is 457 g/mol. The molecule has 9 heteroatoms. The van der Waals surface area contributed by atoms with Crippen molar-refractivity contribution in [2.24, 2.45) is 0 Å². The highest BCUT2D eigenvalue weighted by Gasteiger charge is 2.32. The number of hydrogen-bond donors (Lipinski definition) is 1. The topological polar surface area (TPSA) is 96.0 Å². The zero-order chi connectivity index (χ0) is 22.9. The van der Waals surface area contributed by atoms with Crippen molar-refractivity contribution in [3.05, 3.63) is 53.6 Å². The van der Waals surface area contributed by atoms with Crippen molar-refractivity contribution in [3.63, 3.8) is 0 Å². The third-order valence-electron chi connectivity index (χ3n) is 5.85. The van der Waals surface area contributed by atoms with Gasteiger partial charge in [-0.3, -0.25) is 9.59 Å². The van der Waals surface area contributed by atoms with E-state index in [2.05, 4.69) is 5.32 Å². The average Bonchev–Trinajstić information content (AvgIpc) is 2.79. The largest absolute Gasteiger partial charge is 0.478 e. The molecule has 2 aromatic rings. The van der Waals surface area contributed by atoms with Gasteiger partial charge in [0.25, 0.3) is 5.91 Å². The highest BCUT2D eigenvalue weighted by Crippen LogP contribution is 2.33. The minimum Gasteiger partial charge on any atom is -0.478 e. The molecular formula is C23H27N3O5S. The minimum absolute atomic E-state index is 0.00924. The predicted molar refractivity (Wildman–Crippen MR) is 120 cm³/mol. The second-order valence-electron chi connectivity index (χ2n) is 8.11. The van der Waals surface area contributed by atoms with Gasteiger partial charge >= 0.3 is 0 Å². The lowest BCUT2D eigenvalue weighted by Crippen LogP contribution is -2.50. The summed E-state index contributed by atoms with van der Waals surface area (Å²) in [5.74, 6) is 0.169. The van der Waals surface area contributed by atoms with Crippen LogP contribution in [0.1, 0.15) is 24.5 Å². The van der Waals surface area contributed by atoms with Gasteiger partial charge in [0.15, 0.2) is 6.10 Å². The van der Waals surface area contributed by atoms with Gasteiger partial charge in [0.2, 0.25) is 15.9 Å². The van der Waals surface area contributed by atoms with Gasteiger partial charge in [-0.1, -0.05) is 36.8 Å². The zero-order valence-corrected chi connectivity index (χ0v) is 19.0. The summed E-state index contributed by atoms with van der Waals surface area (Å²) in [5, 5.41) is 2.73. The number of ether oxygens (including phenoxy) is 1. The van der Waals surface area contributed by atoms with Crippen molar-refractivity contribution in [3.8, 4) is 5.75 Å². The molecule has 0 bridgehead atoms. The number of benzene rings is 2. The molecule has 0 aromatic heterocycles. The second-order valence-corrected chi connectivity index (χ2v) is 10.0. The summed E-state index contributed by atoms with van der Waals surface area (Å²) >= 11 is 0. The van der Waals surface area contributed by atoms with Gasteiger partial charge in [-0.05, 0) is 37.1 Å². The van der Waals surface area contributed by atoms with Crippen molar-refractivity contribution in [1.29, 1.82) is 0 Å². The first-order valence-corrected chi connectivity index (χ1v) is 12.2. The van der Waals surface area contributed by atoms with Gasteiger partial charge in [0.05, 0.1) is 17.0 Å². The number of aryl methyl sites for hydroxylation is 1. The number of piperazine rings is 1. The van der Waals surface area contributed by atoms with Crippen molar-refractivity contribution in [1.82, 2.24) is 9.21 Å². The summed E-state index contributed by atoms with van der Waals surface area (Å²) in [6, 6.07) is 12.3. The van der Waals surface area contributed by atoms with Crippen LogP contribution in [0.15, 0.2) is 47.4 Å². The van der Waals surface area contributed by atoms with Crippen LogP contribution in [0.2, 0.25) is 0 Å². The van der Waals surface area contributed by atoms with Gasteiger partial charge in [0, 0.05) is 26.2 Å². The van der Waals surface area contributed by atoms with E-state index in [9.17, 15) is 18.0 Å². The molecule has 8 nitrogen and oxygen atoms in total. The van der Waals surface area contributed by atoms with Crippen LogP contribution in [0.3, 0.4) is 0 Å². The Morgan fingerprint density at radius 1 is 1.09 bits per heavy atom. The molecule has 2 heterocycles. The molecular weight excluding hydrogens is 430 g/mol. The zero-order valence-electron chi connectivity index (χ0n) is 18.2. The third kappa shape index (κ3) is 4.49. The number of carbonyl (C=O) groups excluding carboxylic acids is 2. The Hall–Kier alpha value is -2.91. The van der Waals surface area contributed by atoms with Crippen LogP contribution in [-0.2, 0) is 26.0 Å². The molecule has 1 fully saturated rings. The minimum atomic E-state index is -3.76. The number of hydrogen-bond acceptors (Lipinski definition) is 5. The summed E-state index contributed by atoms with van der Waals surface area (Å²) in [6.45, 7) is 4.97. The summed E-state index contributed by atoms with van der Waals surface area (Å²) in [5.41, 5.74) is 2.44. The molecule has 0 radical (unpaired) electrons. The van der Waals surface area contributed by atoms with Crippen molar-refractivity contribution >= 4 is 27.5 Å². The molecule has 1 atom stereocenters. The van der Waals surface area contributed by atoms with Crippen LogP contribution in [0, 0.1) is 6.92 Å². The first kappa shape index (κ1) is 22.3. The molecule has 170 valence electrons. The first-order chi connectivity index (χ1) is 15.3. The number of fused-ring (bicyclic) bond motifs is 1. The molecule has 0 aliphatic carbocycles. The highest BCUT2D eigenvalue weighted by molar-refractivity contribution is 7.89. The first-order valence-electron chi connectivity index (χ1n) is 10.7. The van der Waals surface area contributed by atoms with Gasteiger partial charge in [-0.15, -0.1) is 0 Å². The molecule has 4 rings (SSSR count). The average molecular weight is 458 g/mol. The summed E-state index contributed by atoms with van der Waals surface area (Å²) in [4.78, 5) is 26.5. The number of nitrogens with zero attached hydrogens (tertiary/aromatic N) is 2. The molecule has 2 aliphatic heterocycles. The van der Waals surface area contributed by atoms with Crippen molar-refractivity contribution in [2.45, 2.75) is 37.7 Å². The van der Waals surface area contributed by atoms with Crippen molar-refractivity contribution < 1.29 is 22.7 Å². The van der Waals surface area contributed by atoms with E-state index in [0.29, 0.717) is 37.4 Å². The molecule has 32 heavy (non-hydrogen) atoms. The Labute approximate surface area is 188 Å². The lowest BCUT2D eigenvalue weighted by Gasteiger charge is -2.34. The maximum Gasteiger partial charge on any atom is 0.265 e. The van der Waals surface area contributed by atoms with E-state index in [0.717, 1.165) is 11.1 Å². The van der Waals surface area contributed by atoms with E-state index in [4.69, 9.17) is 4.74 Å². The fourth-order valence-electron chi connectivity index (χ4n) is 3.88. The summed E-state index contributed by atoms with van der Waals surface area (Å²) in [6.07, 6.45) is 0.254. The van der Waals surface area contributed by atoms with Crippen LogP contribution >= 0.6 is 0 Å². The number of nitrogens with one attached hydrogen (secondary N) is 1. The highest BCUT2D eigenvalue weighted by atomic mass is 32.2. The molecule has 0 spiro atoms. The third-order valence-corrected chi connectivity index (χ3v) is 7.74. The summed E-state index contributed by atoms with van der Waals surface area (Å²) in [7, 11) is -3.76. The van der Waals surface area contributed by atoms with Crippen LogP contribution in [0.25, 0.3) is 0 Å². The maximum absolute atomic E-state index is 13.1. The Kier molecular flexibility index (Phi) is 6.21. The molecule has 1 saturated heterocycles. The number of carbonyl (C=O) groups is 2. The second kappa shape index (κ2) is 8.91. The fraction of sp³-hybridized carbons (Fsp3) is 0.391.